The molecule has 1 heterocycles. The second kappa shape index (κ2) is 9.11. The topological polar surface area (TPSA) is 26.7 Å². The van der Waals surface area contributed by atoms with E-state index in [4.69, 9.17) is 12.2 Å². The number of thioether (sulfide) groups is 1. The highest BCUT2D eigenvalue weighted by molar-refractivity contribution is 8.22. The van der Waals surface area contributed by atoms with Gasteiger partial charge in [-0.3, -0.25) is 0 Å². The molecule has 6 heteroatoms. The average molecular weight is 375 g/mol. The molecular weight excluding hydrogens is 348 g/mol. The zero-order valence-electron chi connectivity index (χ0n) is 14.3. The highest BCUT2D eigenvalue weighted by Gasteiger charge is 2.17. The number of hydrogen-bond donors (Lipinski definition) is 1. The van der Waals surface area contributed by atoms with Crippen LogP contribution in [0.25, 0.3) is 0 Å². The third-order valence-corrected chi connectivity index (χ3v) is 5.76. The number of piperazine rings is 1. The number of aryl methyl sites for hydroxylation is 1. The van der Waals surface area contributed by atoms with Crippen LogP contribution >= 0.6 is 36.4 Å². The highest BCUT2D eigenvalue weighted by Crippen LogP contribution is 2.30. The molecule has 1 aromatic carbocycles. The number of aromatic hydroxyl groups is 1. The SMILES string of the molecule is Cc1cc(CSC(=S)N2CCN(C)CC2)c(C(C)C)cc1O.Cl. The molecule has 0 atom stereocenters. The fourth-order valence-corrected chi connectivity index (χ4v) is 3.91. The van der Waals surface area contributed by atoms with E-state index in [1.165, 1.54) is 11.1 Å². The Hall–Kier alpha value is -0.490. The Bertz CT molecular complexity index is 544. The molecule has 0 aliphatic carbocycles. The Kier molecular flexibility index (Phi) is 8.14. The van der Waals surface area contributed by atoms with Crippen LogP contribution in [-0.2, 0) is 5.75 Å². The predicted molar refractivity (Wildman–Crippen MR) is 107 cm³/mol. The van der Waals surface area contributed by atoms with Gasteiger partial charge in [-0.15, -0.1) is 12.4 Å². The van der Waals surface area contributed by atoms with Crippen LogP contribution in [0, 0.1) is 6.92 Å². The molecule has 0 spiro atoms. The zero-order chi connectivity index (χ0) is 16.3. The van der Waals surface area contributed by atoms with Crippen molar-refractivity contribution in [3.8, 4) is 5.75 Å². The lowest BCUT2D eigenvalue weighted by Gasteiger charge is -2.33. The molecule has 0 saturated carbocycles. The van der Waals surface area contributed by atoms with Crippen molar-refractivity contribution in [1.82, 2.24) is 9.80 Å². The fourth-order valence-electron chi connectivity index (χ4n) is 2.65. The zero-order valence-corrected chi connectivity index (χ0v) is 16.8. The molecule has 1 N–H and O–H groups in total. The lowest BCUT2D eigenvalue weighted by molar-refractivity contribution is 0.220. The summed E-state index contributed by atoms with van der Waals surface area (Å²) in [7, 11) is 2.15. The van der Waals surface area contributed by atoms with Gasteiger partial charge in [-0.05, 0) is 42.6 Å². The second-order valence-electron chi connectivity index (χ2n) is 6.34. The molecule has 23 heavy (non-hydrogen) atoms. The molecule has 3 nitrogen and oxygen atoms in total. The number of hydrogen-bond acceptors (Lipinski definition) is 4. The number of rotatable bonds is 3. The average Bonchev–Trinajstić information content (AvgIpc) is 2.48. The van der Waals surface area contributed by atoms with Crippen LogP contribution in [0.2, 0.25) is 0 Å². The number of benzene rings is 1. The fraction of sp³-hybridized carbons (Fsp3) is 0.588. The minimum absolute atomic E-state index is 0. The van der Waals surface area contributed by atoms with E-state index in [9.17, 15) is 5.11 Å². The smallest absolute Gasteiger partial charge is 0.136 e. The molecule has 0 unspecified atom stereocenters. The lowest BCUT2D eigenvalue weighted by atomic mass is 9.96. The summed E-state index contributed by atoms with van der Waals surface area (Å²) in [5.41, 5.74) is 3.44. The van der Waals surface area contributed by atoms with Crippen LogP contribution in [0.3, 0.4) is 0 Å². The molecule has 1 saturated heterocycles. The first-order chi connectivity index (χ1) is 10.4. The number of phenolic OH excluding ortho intramolecular Hbond substituents is 1. The van der Waals surface area contributed by atoms with Crippen molar-refractivity contribution < 1.29 is 5.11 Å². The van der Waals surface area contributed by atoms with Crippen LogP contribution in [0.15, 0.2) is 12.1 Å². The van der Waals surface area contributed by atoms with Crippen LogP contribution in [0.5, 0.6) is 5.75 Å². The summed E-state index contributed by atoms with van der Waals surface area (Å²) in [6.07, 6.45) is 0. The van der Waals surface area contributed by atoms with Gasteiger partial charge in [0.2, 0.25) is 0 Å². The van der Waals surface area contributed by atoms with Gasteiger partial charge in [0.05, 0.1) is 0 Å². The maximum absolute atomic E-state index is 9.93. The van der Waals surface area contributed by atoms with Crippen molar-refractivity contribution >= 4 is 40.7 Å². The minimum atomic E-state index is 0. The monoisotopic (exact) mass is 374 g/mol. The molecule has 1 aromatic rings. The normalized spacial score (nSPS) is 15.6. The van der Waals surface area contributed by atoms with Gasteiger partial charge in [0.25, 0.3) is 0 Å². The number of thiocarbonyl (C=S) groups is 1. The van der Waals surface area contributed by atoms with Gasteiger partial charge in [-0.2, -0.15) is 0 Å². The van der Waals surface area contributed by atoms with E-state index in [1.807, 2.05) is 13.0 Å². The van der Waals surface area contributed by atoms with Gasteiger partial charge in [-0.1, -0.05) is 43.9 Å². The second-order valence-corrected chi connectivity index (χ2v) is 7.95. The molecular formula is C17H27ClN2OS2. The van der Waals surface area contributed by atoms with Crippen LogP contribution in [-0.4, -0.2) is 52.5 Å². The molecule has 0 bridgehead atoms. The van der Waals surface area contributed by atoms with Gasteiger partial charge in [0.15, 0.2) is 0 Å². The first-order valence-electron chi connectivity index (χ1n) is 7.81. The highest BCUT2D eigenvalue weighted by atomic mass is 35.5. The van der Waals surface area contributed by atoms with Crippen LogP contribution in [0.1, 0.15) is 36.5 Å². The van der Waals surface area contributed by atoms with Gasteiger partial charge >= 0.3 is 0 Å². The van der Waals surface area contributed by atoms with Crippen molar-refractivity contribution in [2.75, 3.05) is 33.2 Å². The van der Waals surface area contributed by atoms with Crippen molar-refractivity contribution in [3.05, 3.63) is 28.8 Å². The largest absolute Gasteiger partial charge is 0.508 e. The van der Waals surface area contributed by atoms with Gasteiger partial charge in [0.1, 0.15) is 10.1 Å². The molecule has 1 aliphatic heterocycles. The first kappa shape index (κ1) is 20.6. The standard InChI is InChI=1S/C17H26N2OS2.ClH/c1-12(2)15-10-16(20)13(3)9-14(15)11-22-17(21)19-7-5-18(4)6-8-19;/h9-10,12,20H,5-8,11H2,1-4H3;1H. The van der Waals surface area contributed by atoms with E-state index < -0.39 is 0 Å². The maximum atomic E-state index is 9.93. The Morgan fingerprint density at radius 1 is 1.26 bits per heavy atom. The van der Waals surface area contributed by atoms with E-state index in [1.54, 1.807) is 11.8 Å². The number of phenols is 1. The number of likely N-dealkylation sites (N-methyl/N-ethyl adjacent to an activating group) is 1. The Morgan fingerprint density at radius 2 is 1.87 bits per heavy atom. The third kappa shape index (κ3) is 5.52. The summed E-state index contributed by atoms with van der Waals surface area (Å²) < 4.78 is 0.994. The summed E-state index contributed by atoms with van der Waals surface area (Å²) >= 11 is 7.34. The van der Waals surface area contributed by atoms with E-state index in [-0.39, 0.29) is 12.4 Å². The van der Waals surface area contributed by atoms with Crippen molar-refractivity contribution in [2.24, 2.45) is 0 Å². The number of nitrogens with zero attached hydrogens (tertiary/aromatic N) is 2. The Labute approximate surface area is 155 Å². The van der Waals surface area contributed by atoms with E-state index in [0.717, 1.165) is 41.8 Å². The third-order valence-electron chi connectivity index (χ3n) is 4.19. The molecule has 0 aromatic heterocycles. The summed E-state index contributed by atoms with van der Waals surface area (Å²) in [5.74, 6) is 1.66. The minimum Gasteiger partial charge on any atom is -0.508 e. The summed E-state index contributed by atoms with van der Waals surface area (Å²) in [6.45, 7) is 10.5. The van der Waals surface area contributed by atoms with E-state index in [0.29, 0.717) is 11.7 Å². The molecule has 0 radical (unpaired) electrons. The summed E-state index contributed by atoms with van der Waals surface area (Å²) in [5, 5.41) is 9.93. The molecule has 0 amide bonds. The molecule has 1 fully saturated rings. The Balaban J connectivity index is 0.00000264. The first-order valence-corrected chi connectivity index (χ1v) is 9.20. The summed E-state index contributed by atoms with van der Waals surface area (Å²) in [4.78, 5) is 4.65. The maximum Gasteiger partial charge on any atom is 0.136 e. The van der Waals surface area contributed by atoms with Gasteiger partial charge < -0.3 is 14.9 Å². The van der Waals surface area contributed by atoms with E-state index >= 15 is 0 Å². The number of halogens is 1. The van der Waals surface area contributed by atoms with E-state index in [2.05, 4.69) is 36.8 Å². The van der Waals surface area contributed by atoms with Gasteiger partial charge in [0, 0.05) is 31.9 Å². The van der Waals surface area contributed by atoms with Crippen molar-refractivity contribution in [3.63, 3.8) is 0 Å². The molecule has 130 valence electrons. The lowest BCUT2D eigenvalue weighted by Crippen LogP contribution is -2.45. The molecule has 2 rings (SSSR count). The quantitative estimate of drug-likeness (QED) is 0.806. The van der Waals surface area contributed by atoms with Gasteiger partial charge in [-0.25, -0.2) is 0 Å². The molecule has 1 aliphatic rings. The van der Waals surface area contributed by atoms with Crippen LogP contribution < -0.4 is 0 Å². The van der Waals surface area contributed by atoms with Crippen LogP contribution in [0.4, 0.5) is 0 Å². The van der Waals surface area contributed by atoms with Crippen molar-refractivity contribution in [1.29, 1.82) is 0 Å². The Morgan fingerprint density at radius 3 is 2.43 bits per heavy atom. The predicted octanol–water partition coefficient (Wildman–Crippen LogP) is 4.01. The summed E-state index contributed by atoms with van der Waals surface area (Å²) in [6, 6.07) is 4.01. The van der Waals surface area contributed by atoms with Crippen molar-refractivity contribution in [2.45, 2.75) is 32.4 Å².